The molecule has 0 aliphatic carbocycles. The van der Waals surface area contributed by atoms with Crippen molar-refractivity contribution in [1.82, 2.24) is 9.88 Å². The summed E-state index contributed by atoms with van der Waals surface area (Å²) in [5.74, 6) is -1.34. The Labute approximate surface area is 136 Å². The fourth-order valence-corrected chi connectivity index (χ4v) is 4.57. The maximum Gasteiger partial charge on any atom is 0.327 e. The van der Waals surface area contributed by atoms with Crippen molar-refractivity contribution in [2.45, 2.75) is 32.4 Å². The Kier molecular flexibility index (Phi) is 3.63. The van der Waals surface area contributed by atoms with E-state index in [0.717, 1.165) is 0 Å². The van der Waals surface area contributed by atoms with E-state index >= 15 is 0 Å². The van der Waals surface area contributed by atoms with Gasteiger partial charge in [-0.15, -0.1) is 0 Å². The highest BCUT2D eigenvalue weighted by Gasteiger charge is 2.61. The summed E-state index contributed by atoms with van der Waals surface area (Å²) in [7, 11) is -1.39. The molecular formula is C16H18N2O4S. The SMILES string of the molecule is C[S@](=O)/C(=C1\C(=O)N2C1CC(C)(C)[C@@H]2C(=O)O)c1ccccn1. The number of amides is 1. The van der Waals surface area contributed by atoms with Crippen LogP contribution >= 0.6 is 0 Å². The van der Waals surface area contributed by atoms with Crippen LogP contribution in [0.4, 0.5) is 0 Å². The Morgan fingerprint density at radius 3 is 2.65 bits per heavy atom. The van der Waals surface area contributed by atoms with Crippen molar-refractivity contribution in [3.8, 4) is 0 Å². The van der Waals surface area contributed by atoms with Gasteiger partial charge in [-0.1, -0.05) is 19.9 Å². The van der Waals surface area contributed by atoms with Gasteiger partial charge in [-0.05, 0) is 24.0 Å². The van der Waals surface area contributed by atoms with Crippen molar-refractivity contribution in [3.05, 3.63) is 35.7 Å². The third-order valence-electron chi connectivity index (χ3n) is 4.54. The minimum absolute atomic E-state index is 0.306. The number of hydrogen-bond acceptors (Lipinski definition) is 4. The Morgan fingerprint density at radius 2 is 2.13 bits per heavy atom. The summed E-state index contributed by atoms with van der Waals surface area (Å²) in [6.07, 6.45) is 3.64. The molecule has 1 amide bonds. The summed E-state index contributed by atoms with van der Waals surface area (Å²) in [5.41, 5.74) is 0.424. The fourth-order valence-electron chi connectivity index (χ4n) is 3.62. The number of carbonyl (C=O) groups is 2. The quantitative estimate of drug-likeness (QED) is 0.664. The first-order valence-electron chi connectivity index (χ1n) is 7.30. The molecule has 23 heavy (non-hydrogen) atoms. The molecule has 3 atom stereocenters. The Bertz CT molecular complexity index is 742. The number of hydrogen-bond donors (Lipinski definition) is 1. The molecule has 122 valence electrons. The average molecular weight is 334 g/mol. The number of carbonyl (C=O) groups excluding carboxylic acids is 1. The highest BCUT2D eigenvalue weighted by molar-refractivity contribution is 7.94. The monoisotopic (exact) mass is 334 g/mol. The fraction of sp³-hybridized carbons (Fsp3) is 0.438. The van der Waals surface area contributed by atoms with Crippen molar-refractivity contribution in [1.29, 1.82) is 0 Å². The van der Waals surface area contributed by atoms with Crippen LogP contribution in [0.25, 0.3) is 4.91 Å². The van der Waals surface area contributed by atoms with Crippen LogP contribution in [-0.4, -0.2) is 49.4 Å². The minimum Gasteiger partial charge on any atom is -0.480 e. The van der Waals surface area contributed by atoms with Crippen molar-refractivity contribution >= 4 is 27.6 Å². The van der Waals surface area contributed by atoms with Gasteiger partial charge in [-0.3, -0.25) is 14.0 Å². The van der Waals surface area contributed by atoms with E-state index < -0.39 is 28.2 Å². The van der Waals surface area contributed by atoms with E-state index in [1.807, 2.05) is 13.8 Å². The zero-order valence-electron chi connectivity index (χ0n) is 13.1. The maximum atomic E-state index is 12.6. The molecule has 0 radical (unpaired) electrons. The van der Waals surface area contributed by atoms with Crippen LogP contribution in [0.15, 0.2) is 30.0 Å². The summed E-state index contributed by atoms with van der Waals surface area (Å²) >= 11 is 0. The van der Waals surface area contributed by atoms with Gasteiger partial charge in [0.25, 0.3) is 5.91 Å². The molecule has 2 aliphatic rings. The van der Waals surface area contributed by atoms with Crippen LogP contribution in [-0.2, 0) is 20.4 Å². The van der Waals surface area contributed by atoms with Crippen LogP contribution in [0, 0.1) is 5.41 Å². The van der Waals surface area contributed by atoms with Gasteiger partial charge in [-0.25, -0.2) is 4.79 Å². The molecule has 6 nitrogen and oxygen atoms in total. The number of carboxylic acids is 1. The van der Waals surface area contributed by atoms with E-state index in [1.165, 1.54) is 11.2 Å². The van der Waals surface area contributed by atoms with Gasteiger partial charge in [0.2, 0.25) is 0 Å². The molecule has 1 aromatic rings. The molecule has 1 unspecified atom stereocenters. The van der Waals surface area contributed by atoms with Gasteiger partial charge in [0.15, 0.2) is 0 Å². The highest BCUT2D eigenvalue weighted by atomic mass is 32.2. The molecule has 7 heteroatoms. The Morgan fingerprint density at radius 1 is 1.43 bits per heavy atom. The lowest BCUT2D eigenvalue weighted by Gasteiger charge is -2.41. The molecule has 2 fully saturated rings. The number of carboxylic acid groups (broad SMARTS) is 1. The second-order valence-corrected chi connectivity index (χ2v) is 7.89. The van der Waals surface area contributed by atoms with Crippen molar-refractivity contribution in [3.63, 3.8) is 0 Å². The number of nitrogens with zero attached hydrogens (tertiary/aromatic N) is 2. The molecule has 3 rings (SSSR count). The summed E-state index contributed by atoms with van der Waals surface area (Å²) in [5, 5.41) is 9.46. The van der Waals surface area contributed by atoms with E-state index in [4.69, 9.17) is 0 Å². The Balaban J connectivity index is 2.10. The molecule has 3 heterocycles. The normalized spacial score (nSPS) is 28.8. The van der Waals surface area contributed by atoms with Crippen LogP contribution < -0.4 is 0 Å². The van der Waals surface area contributed by atoms with Gasteiger partial charge in [0, 0.05) is 12.5 Å². The van der Waals surface area contributed by atoms with E-state index in [1.54, 1.807) is 24.4 Å². The van der Waals surface area contributed by atoms with Crippen molar-refractivity contribution in [2.24, 2.45) is 5.41 Å². The summed E-state index contributed by atoms with van der Waals surface area (Å²) in [6.45, 7) is 3.69. The predicted molar refractivity (Wildman–Crippen MR) is 85.7 cm³/mol. The number of rotatable bonds is 3. The highest BCUT2D eigenvalue weighted by Crippen LogP contribution is 2.50. The molecule has 0 saturated carbocycles. The van der Waals surface area contributed by atoms with Gasteiger partial charge < -0.3 is 10.0 Å². The number of aromatic nitrogens is 1. The van der Waals surface area contributed by atoms with Crippen LogP contribution in [0.3, 0.4) is 0 Å². The van der Waals surface area contributed by atoms with E-state index in [0.29, 0.717) is 22.6 Å². The van der Waals surface area contributed by atoms with Crippen LogP contribution in [0.5, 0.6) is 0 Å². The zero-order valence-corrected chi connectivity index (χ0v) is 14.0. The summed E-state index contributed by atoms with van der Waals surface area (Å²) < 4.78 is 12.2. The smallest absolute Gasteiger partial charge is 0.327 e. The molecular weight excluding hydrogens is 316 g/mol. The molecule has 1 aromatic heterocycles. The molecule has 2 aliphatic heterocycles. The topological polar surface area (TPSA) is 87.6 Å². The molecule has 2 saturated heterocycles. The van der Waals surface area contributed by atoms with Gasteiger partial charge in [0.05, 0.1) is 33.0 Å². The van der Waals surface area contributed by atoms with Gasteiger partial charge in [-0.2, -0.15) is 0 Å². The number of fused-ring (bicyclic) bond motifs is 1. The molecule has 1 N–H and O–H groups in total. The largest absolute Gasteiger partial charge is 0.480 e. The lowest BCUT2D eigenvalue weighted by atomic mass is 9.83. The molecule has 0 spiro atoms. The summed E-state index contributed by atoms with van der Waals surface area (Å²) in [6, 6.07) is 4.08. The number of pyridine rings is 1. The number of β-lactam (4-membered cyclic amide) rings is 1. The lowest BCUT2D eigenvalue weighted by molar-refractivity contribution is -0.154. The lowest BCUT2D eigenvalue weighted by Crippen LogP contribution is -2.58. The predicted octanol–water partition coefficient (Wildman–Crippen LogP) is 1.27. The number of aliphatic carboxylic acids is 1. The van der Waals surface area contributed by atoms with E-state index in [9.17, 15) is 18.9 Å². The maximum absolute atomic E-state index is 12.6. The van der Waals surface area contributed by atoms with Gasteiger partial charge >= 0.3 is 5.97 Å². The minimum atomic E-state index is -1.39. The summed E-state index contributed by atoms with van der Waals surface area (Å²) in [4.78, 5) is 30.2. The third kappa shape index (κ3) is 2.30. The first-order valence-corrected chi connectivity index (χ1v) is 8.86. The van der Waals surface area contributed by atoms with E-state index in [2.05, 4.69) is 4.98 Å². The van der Waals surface area contributed by atoms with E-state index in [-0.39, 0.29) is 11.9 Å². The second kappa shape index (κ2) is 5.26. The second-order valence-electron chi connectivity index (χ2n) is 6.57. The first kappa shape index (κ1) is 15.9. The first-order chi connectivity index (χ1) is 10.8. The molecule has 0 aromatic carbocycles. The van der Waals surface area contributed by atoms with Crippen molar-refractivity contribution < 1.29 is 18.9 Å². The van der Waals surface area contributed by atoms with Crippen molar-refractivity contribution in [2.75, 3.05) is 6.26 Å². The van der Waals surface area contributed by atoms with Crippen LogP contribution in [0.1, 0.15) is 26.0 Å². The zero-order chi connectivity index (χ0) is 16.9. The standard InChI is InChI=1S/C16H18N2O4S/c1-16(2)8-10-11(14(19)18(10)13(16)15(20)21)12(23(3)22)9-6-4-5-7-17-9/h4-7,10,13H,8H2,1-3H3,(H,20,21)/b12-11-/t10?,13-,23-/m0/s1. The van der Waals surface area contributed by atoms with Crippen LogP contribution in [0.2, 0.25) is 0 Å². The average Bonchev–Trinajstić information content (AvgIpc) is 2.73. The van der Waals surface area contributed by atoms with Gasteiger partial charge in [0.1, 0.15) is 6.04 Å². The molecule has 0 bridgehead atoms. The Hall–Kier alpha value is -2.02. The third-order valence-corrected chi connectivity index (χ3v) is 5.54.